The molecule has 0 bridgehead atoms. The van der Waals surface area contributed by atoms with Crippen LogP contribution in [0.2, 0.25) is 5.02 Å². The predicted octanol–water partition coefficient (Wildman–Crippen LogP) is 5.29. The van der Waals surface area contributed by atoms with E-state index >= 15 is 0 Å². The topological polar surface area (TPSA) is 79.3 Å². The number of likely N-dealkylation sites (tertiary alicyclic amines) is 1. The lowest BCUT2D eigenvalue weighted by Gasteiger charge is -2.39. The van der Waals surface area contributed by atoms with Gasteiger partial charge in [-0.05, 0) is 73.8 Å². The van der Waals surface area contributed by atoms with Gasteiger partial charge in [0.25, 0.3) is 17.4 Å². The minimum atomic E-state index is -5.19. The molecule has 0 unspecified atom stereocenters. The van der Waals surface area contributed by atoms with Crippen LogP contribution in [0.5, 0.6) is 11.5 Å². The lowest BCUT2D eigenvalue weighted by Crippen LogP contribution is -2.57. The van der Waals surface area contributed by atoms with Gasteiger partial charge in [-0.3, -0.25) is 9.59 Å². The van der Waals surface area contributed by atoms with Gasteiger partial charge in [0.1, 0.15) is 11.5 Å². The zero-order chi connectivity index (χ0) is 29.3. The molecule has 2 aromatic carbocycles. The van der Waals surface area contributed by atoms with E-state index < -0.39 is 23.2 Å². The molecule has 1 spiro atoms. The molecule has 40 heavy (non-hydrogen) atoms. The Balaban J connectivity index is 1.28. The van der Waals surface area contributed by atoms with Crippen molar-refractivity contribution in [1.82, 2.24) is 9.80 Å². The number of benzene rings is 2. The summed E-state index contributed by atoms with van der Waals surface area (Å²) in [5.74, 6) is -0.435. The average molecular weight is 583 g/mol. The molecular weight excluding hydrogens is 549 g/mol. The molecule has 2 atom stereocenters. The Labute approximate surface area is 236 Å². The Morgan fingerprint density at radius 1 is 1.12 bits per heavy atom. The number of hydrogen-bond donors (Lipinski definition) is 1. The number of ether oxygens (including phenoxy) is 2. The summed E-state index contributed by atoms with van der Waals surface area (Å²) in [7, 11) is 4.61. The summed E-state index contributed by atoms with van der Waals surface area (Å²) in [6, 6.07) is 9.87. The zero-order valence-corrected chi connectivity index (χ0v) is 23.5. The molecule has 11 heteroatoms. The molecule has 0 radical (unpaired) electrons. The molecule has 1 heterocycles. The van der Waals surface area contributed by atoms with Crippen molar-refractivity contribution in [1.29, 1.82) is 0 Å². The van der Waals surface area contributed by atoms with Gasteiger partial charge in [0.15, 0.2) is 0 Å². The van der Waals surface area contributed by atoms with Crippen LogP contribution in [0.25, 0.3) is 0 Å². The van der Waals surface area contributed by atoms with Crippen LogP contribution in [-0.2, 0) is 10.4 Å². The van der Waals surface area contributed by atoms with Crippen molar-refractivity contribution in [3.05, 3.63) is 58.6 Å². The van der Waals surface area contributed by atoms with Gasteiger partial charge in [-0.25, -0.2) is 0 Å². The van der Waals surface area contributed by atoms with Crippen LogP contribution in [0.3, 0.4) is 0 Å². The van der Waals surface area contributed by atoms with Crippen LogP contribution in [0.15, 0.2) is 42.5 Å². The summed E-state index contributed by atoms with van der Waals surface area (Å²) < 4.78 is 53.1. The third-order valence-corrected chi connectivity index (χ3v) is 8.47. The van der Waals surface area contributed by atoms with Crippen LogP contribution >= 0.6 is 11.6 Å². The Hall–Kier alpha value is -2.98. The molecule has 1 N–H and O–H groups in total. The first kappa shape index (κ1) is 30.0. The smallest absolute Gasteiger partial charge is 0.430 e. The van der Waals surface area contributed by atoms with Crippen LogP contribution in [0, 0.1) is 11.3 Å². The molecule has 1 aliphatic carbocycles. The fraction of sp³-hybridized carbons (Fsp3) is 0.517. The van der Waals surface area contributed by atoms with Crippen LogP contribution in [0.4, 0.5) is 13.2 Å². The first-order chi connectivity index (χ1) is 18.8. The van der Waals surface area contributed by atoms with Gasteiger partial charge in [0.05, 0.1) is 24.3 Å². The van der Waals surface area contributed by atoms with E-state index in [1.54, 1.807) is 32.3 Å². The molecule has 1 aliphatic heterocycles. The number of carbonyl (C=O) groups excluding carboxylic acids is 2. The van der Waals surface area contributed by atoms with Crippen LogP contribution in [-0.4, -0.2) is 73.8 Å². The van der Waals surface area contributed by atoms with Crippen molar-refractivity contribution >= 4 is 23.4 Å². The standard InChI is InChI=1S/C29H34ClF3N2O5/c1-34(2)25(36)23-10-9-22(17-24(23)30)40-15-5-7-20-18-27(20)11-13-35(14-12-27)26(37)28(38,29(31,32)33)19-6-4-8-21(16-19)39-3/h4,6,8-10,16-17,20,38H,5,7,11-15,18H2,1-3H3/t20-,28-/m0/s1. The highest BCUT2D eigenvalue weighted by Crippen LogP contribution is 2.61. The number of amides is 2. The minimum absolute atomic E-state index is 0.0145. The normalized spacial score (nSPS) is 19.6. The van der Waals surface area contributed by atoms with Crippen molar-refractivity contribution in [2.24, 2.45) is 11.3 Å². The second kappa shape index (κ2) is 11.5. The molecule has 0 aromatic heterocycles. The third kappa shape index (κ3) is 5.88. The molecule has 2 fully saturated rings. The van der Waals surface area contributed by atoms with E-state index in [1.807, 2.05) is 0 Å². The number of nitrogens with zero attached hydrogens (tertiary/aromatic N) is 2. The lowest BCUT2D eigenvalue weighted by molar-refractivity contribution is -0.262. The quantitative estimate of drug-likeness (QED) is 0.407. The Kier molecular flexibility index (Phi) is 8.61. The molecule has 1 saturated heterocycles. The van der Waals surface area contributed by atoms with Crippen molar-refractivity contribution < 1.29 is 37.3 Å². The highest BCUT2D eigenvalue weighted by Gasteiger charge is 2.63. The number of piperidine rings is 1. The summed E-state index contributed by atoms with van der Waals surface area (Å²) >= 11 is 6.24. The van der Waals surface area contributed by atoms with Gasteiger partial charge in [0, 0.05) is 32.7 Å². The van der Waals surface area contributed by atoms with Gasteiger partial charge in [0.2, 0.25) is 0 Å². The number of rotatable bonds is 9. The fourth-order valence-electron chi connectivity index (χ4n) is 5.61. The maximum Gasteiger partial charge on any atom is 0.430 e. The second-order valence-electron chi connectivity index (χ2n) is 10.8. The summed E-state index contributed by atoms with van der Waals surface area (Å²) in [4.78, 5) is 27.8. The first-order valence-electron chi connectivity index (χ1n) is 13.2. The molecule has 1 saturated carbocycles. The van der Waals surface area contributed by atoms with Gasteiger partial charge < -0.3 is 24.4 Å². The van der Waals surface area contributed by atoms with Gasteiger partial charge in [-0.2, -0.15) is 13.2 Å². The molecule has 4 rings (SSSR count). The van der Waals surface area contributed by atoms with E-state index in [0.717, 1.165) is 36.3 Å². The summed E-state index contributed by atoms with van der Waals surface area (Å²) in [5.41, 5.74) is -3.79. The number of alkyl halides is 3. The van der Waals surface area contributed by atoms with Crippen molar-refractivity contribution in [3.8, 4) is 11.5 Å². The number of carbonyl (C=O) groups is 2. The van der Waals surface area contributed by atoms with Crippen molar-refractivity contribution in [2.75, 3.05) is 40.9 Å². The number of methoxy groups -OCH3 is 1. The Morgan fingerprint density at radius 3 is 2.42 bits per heavy atom. The number of hydrogen-bond acceptors (Lipinski definition) is 5. The fourth-order valence-corrected chi connectivity index (χ4v) is 5.86. The van der Waals surface area contributed by atoms with Gasteiger partial charge in [-0.1, -0.05) is 23.7 Å². The first-order valence-corrected chi connectivity index (χ1v) is 13.6. The maximum atomic E-state index is 14.1. The van der Waals surface area contributed by atoms with Crippen LogP contribution in [0.1, 0.15) is 48.0 Å². The lowest BCUT2D eigenvalue weighted by atomic mass is 9.86. The SMILES string of the molecule is COc1cccc([C@](O)(C(=O)N2CCC3(CC2)C[C@@H]3CCCOc2ccc(C(=O)N(C)C)c(Cl)c2)C(F)(F)F)c1. The highest BCUT2D eigenvalue weighted by atomic mass is 35.5. The van der Waals surface area contributed by atoms with E-state index in [9.17, 15) is 27.9 Å². The van der Waals surface area contributed by atoms with E-state index in [1.165, 1.54) is 24.1 Å². The second-order valence-corrected chi connectivity index (χ2v) is 11.2. The summed E-state index contributed by atoms with van der Waals surface area (Å²) in [6.07, 6.45) is -1.37. The maximum absolute atomic E-state index is 14.1. The molecule has 2 amide bonds. The predicted molar refractivity (Wildman–Crippen MR) is 143 cm³/mol. The van der Waals surface area contributed by atoms with Crippen molar-refractivity contribution in [2.45, 2.75) is 43.9 Å². The van der Waals surface area contributed by atoms with Gasteiger partial charge >= 0.3 is 6.18 Å². The molecule has 2 aliphatic rings. The Bertz CT molecular complexity index is 1250. The third-order valence-electron chi connectivity index (χ3n) is 8.16. The minimum Gasteiger partial charge on any atom is -0.497 e. The molecule has 218 valence electrons. The molecule has 7 nitrogen and oxygen atoms in total. The number of aliphatic hydroxyl groups is 1. The Morgan fingerprint density at radius 2 is 1.82 bits per heavy atom. The average Bonchev–Trinajstić information content (AvgIpc) is 3.60. The van der Waals surface area contributed by atoms with Gasteiger partial charge in [-0.15, -0.1) is 0 Å². The molecule has 2 aromatic rings. The zero-order valence-electron chi connectivity index (χ0n) is 22.8. The van der Waals surface area contributed by atoms with E-state index in [0.29, 0.717) is 41.7 Å². The van der Waals surface area contributed by atoms with E-state index in [4.69, 9.17) is 21.1 Å². The van der Waals surface area contributed by atoms with E-state index in [2.05, 4.69) is 0 Å². The van der Waals surface area contributed by atoms with E-state index in [-0.39, 0.29) is 30.2 Å². The monoisotopic (exact) mass is 582 g/mol. The largest absolute Gasteiger partial charge is 0.497 e. The van der Waals surface area contributed by atoms with Crippen molar-refractivity contribution in [3.63, 3.8) is 0 Å². The summed E-state index contributed by atoms with van der Waals surface area (Å²) in [5, 5.41) is 11.1. The number of halogens is 4. The molecular formula is C29H34ClF3N2O5. The van der Waals surface area contributed by atoms with Crippen LogP contribution < -0.4 is 9.47 Å². The summed E-state index contributed by atoms with van der Waals surface area (Å²) in [6.45, 7) is 0.781. The highest BCUT2D eigenvalue weighted by molar-refractivity contribution is 6.34.